The van der Waals surface area contributed by atoms with Gasteiger partial charge in [-0.1, -0.05) is 42.5 Å². The van der Waals surface area contributed by atoms with E-state index in [1.807, 2.05) is 36.4 Å². The van der Waals surface area contributed by atoms with E-state index < -0.39 is 17.9 Å². The zero-order chi connectivity index (χ0) is 19.9. The Balaban J connectivity index is 1.50. The molecule has 0 radical (unpaired) electrons. The summed E-state index contributed by atoms with van der Waals surface area (Å²) in [7, 11) is 0. The van der Waals surface area contributed by atoms with Gasteiger partial charge in [0.15, 0.2) is 6.10 Å². The maximum atomic E-state index is 12.8. The number of hydrogen-bond donors (Lipinski definition) is 2. The van der Waals surface area contributed by atoms with E-state index in [1.165, 1.54) is 36.4 Å². The Morgan fingerprint density at radius 2 is 1.68 bits per heavy atom. The lowest BCUT2D eigenvalue weighted by atomic mass is 10.1. The fourth-order valence-corrected chi connectivity index (χ4v) is 2.51. The van der Waals surface area contributed by atoms with Crippen molar-refractivity contribution < 1.29 is 18.7 Å². The molecule has 0 aliphatic carbocycles. The van der Waals surface area contributed by atoms with Crippen molar-refractivity contribution in [2.75, 3.05) is 0 Å². The standard InChI is InChI=1S/C22H19FN2O3/c1-15(28-20-12-9-17-4-2-3-5-18(17)14-20)22(27)25-24-21(26)13-8-16-6-10-19(23)11-7-16/h2-15H,1H3,(H,24,26)(H,25,27). The number of carbonyl (C=O) groups is 2. The van der Waals surface area contributed by atoms with Crippen LogP contribution in [-0.2, 0) is 9.59 Å². The minimum Gasteiger partial charge on any atom is -0.481 e. The van der Waals surface area contributed by atoms with Gasteiger partial charge in [-0.15, -0.1) is 0 Å². The molecule has 0 aromatic heterocycles. The Morgan fingerprint density at radius 3 is 2.43 bits per heavy atom. The number of hydrazine groups is 1. The normalized spacial score (nSPS) is 11.9. The molecular formula is C22H19FN2O3. The van der Waals surface area contributed by atoms with Crippen LogP contribution < -0.4 is 15.6 Å². The van der Waals surface area contributed by atoms with Gasteiger partial charge in [-0.25, -0.2) is 4.39 Å². The van der Waals surface area contributed by atoms with Gasteiger partial charge in [-0.3, -0.25) is 20.4 Å². The molecule has 0 saturated carbocycles. The quantitative estimate of drug-likeness (QED) is 0.527. The Kier molecular flexibility index (Phi) is 6.01. The van der Waals surface area contributed by atoms with Gasteiger partial charge in [0.2, 0.25) is 0 Å². The summed E-state index contributed by atoms with van der Waals surface area (Å²) in [6.07, 6.45) is 1.95. The van der Waals surface area contributed by atoms with E-state index in [0.29, 0.717) is 11.3 Å². The summed E-state index contributed by atoms with van der Waals surface area (Å²) < 4.78 is 18.5. The summed E-state index contributed by atoms with van der Waals surface area (Å²) in [5, 5.41) is 2.08. The molecule has 0 heterocycles. The van der Waals surface area contributed by atoms with Crippen LogP contribution in [0.2, 0.25) is 0 Å². The Bertz CT molecular complexity index is 1020. The van der Waals surface area contributed by atoms with Crippen molar-refractivity contribution in [2.45, 2.75) is 13.0 Å². The van der Waals surface area contributed by atoms with Gasteiger partial charge in [0.25, 0.3) is 11.8 Å². The predicted octanol–water partition coefficient (Wildman–Crippen LogP) is 3.61. The molecule has 6 heteroatoms. The van der Waals surface area contributed by atoms with Crippen molar-refractivity contribution in [3.05, 3.63) is 84.2 Å². The minimum absolute atomic E-state index is 0.353. The van der Waals surface area contributed by atoms with E-state index in [1.54, 1.807) is 13.0 Å². The lowest BCUT2D eigenvalue weighted by Crippen LogP contribution is -2.46. The number of amides is 2. The molecule has 0 aliphatic heterocycles. The average Bonchev–Trinajstić information content (AvgIpc) is 2.71. The monoisotopic (exact) mass is 378 g/mol. The summed E-state index contributed by atoms with van der Waals surface area (Å²) in [5.74, 6) is -0.801. The van der Waals surface area contributed by atoms with E-state index in [0.717, 1.165) is 10.8 Å². The molecule has 0 aliphatic rings. The zero-order valence-corrected chi connectivity index (χ0v) is 15.2. The van der Waals surface area contributed by atoms with Crippen LogP contribution in [0.4, 0.5) is 4.39 Å². The third-order valence-electron chi connectivity index (χ3n) is 4.01. The van der Waals surface area contributed by atoms with Gasteiger partial charge in [0.1, 0.15) is 11.6 Å². The van der Waals surface area contributed by atoms with E-state index in [9.17, 15) is 14.0 Å². The van der Waals surface area contributed by atoms with Crippen molar-refractivity contribution in [1.82, 2.24) is 10.9 Å². The number of benzene rings is 3. The Morgan fingerprint density at radius 1 is 0.964 bits per heavy atom. The molecule has 3 aromatic rings. The van der Waals surface area contributed by atoms with Crippen LogP contribution in [-0.4, -0.2) is 17.9 Å². The zero-order valence-electron chi connectivity index (χ0n) is 15.2. The van der Waals surface area contributed by atoms with Crippen LogP contribution in [0.5, 0.6) is 5.75 Å². The second-order valence-electron chi connectivity index (χ2n) is 6.13. The van der Waals surface area contributed by atoms with Crippen LogP contribution in [0.3, 0.4) is 0 Å². The first-order valence-corrected chi connectivity index (χ1v) is 8.70. The smallest absolute Gasteiger partial charge is 0.279 e. The van der Waals surface area contributed by atoms with Gasteiger partial charge >= 0.3 is 0 Å². The van der Waals surface area contributed by atoms with Gasteiger partial charge < -0.3 is 4.74 Å². The molecule has 5 nitrogen and oxygen atoms in total. The summed E-state index contributed by atoms with van der Waals surface area (Å²) >= 11 is 0. The highest BCUT2D eigenvalue weighted by molar-refractivity contribution is 5.93. The molecule has 3 rings (SSSR count). The molecule has 0 fully saturated rings. The van der Waals surface area contributed by atoms with Crippen LogP contribution in [0.25, 0.3) is 16.8 Å². The van der Waals surface area contributed by atoms with E-state index in [4.69, 9.17) is 4.74 Å². The predicted molar refractivity (Wildman–Crippen MR) is 106 cm³/mol. The number of hydrogen-bond acceptors (Lipinski definition) is 3. The van der Waals surface area contributed by atoms with Crippen LogP contribution in [0.1, 0.15) is 12.5 Å². The molecule has 142 valence electrons. The molecule has 0 spiro atoms. The summed E-state index contributed by atoms with van der Waals surface area (Å²) in [6.45, 7) is 1.59. The minimum atomic E-state index is -0.803. The molecule has 1 atom stereocenters. The third kappa shape index (κ3) is 5.17. The number of rotatable bonds is 5. The fraction of sp³-hybridized carbons (Fsp3) is 0.0909. The van der Waals surface area contributed by atoms with E-state index in [2.05, 4.69) is 10.9 Å². The summed E-state index contributed by atoms with van der Waals surface area (Å²) in [5.41, 5.74) is 5.25. The van der Waals surface area contributed by atoms with Crippen LogP contribution >= 0.6 is 0 Å². The van der Waals surface area contributed by atoms with E-state index in [-0.39, 0.29) is 5.82 Å². The first-order valence-electron chi connectivity index (χ1n) is 8.70. The van der Waals surface area contributed by atoms with Crippen molar-refractivity contribution in [2.24, 2.45) is 0 Å². The molecule has 0 bridgehead atoms. The highest BCUT2D eigenvalue weighted by Crippen LogP contribution is 2.21. The lowest BCUT2D eigenvalue weighted by Gasteiger charge is -2.15. The van der Waals surface area contributed by atoms with Crippen molar-refractivity contribution in [1.29, 1.82) is 0 Å². The number of nitrogens with one attached hydrogen (secondary N) is 2. The Labute approximate surface area is 161 Å². The SMILES string of the molecule is CC(Oc1ccc2ccccc2c1)C(=O)NNC(=O)C=Cc1ccc(F)cc1. The maximum Gasteiger partial charge on any atom is 0.279 e. The van der Waals surface area contributed by atoms with Crippen molar-refractivity contribution >= 4 is 28.7 Å². The number of carbonyl (C=O) groups excluding carboxylic acids is 2. The molecule has 2 amide bonds. The molecule has 3 aromatic carbocycles. The van der Waals surface area contributed by atoms with Gasteiger partial charge in [-0.05, 0) is 53.6 Å². The number of fused-ring (bicyclic) bond motifs is 1. The lowest BCUT2D eigenvalue weighted by molar-refractivity contribution is -0.131. The second-order valence-corrected chi connectivity index (χ2v) is 6.13. The van der Waals surface area contributed by atoms with Crippen LogP contribution in [0, 0.1) is 5.82 Å². The molecular weight excluding hydrogens is 359 g/mol. The van der Waals surface area contributed by atoms with E-state index >= 15 is 0 Å². The molecule has 1 unspecified atom stereocenters. The molecule has 0 saturated heterocycles. The van der Waals surface area contributed by atoms with Gasteiger partial charge in [0.05, 0.1) is 0 Å². The fourth-order valence-electron chi connectivity index (χ4n) is 2.51. The highest BCUT2D eigenvalue weighted by Gasteiger charge is 2.15. The number of ether oxygens (including phenoxy) is 1. The summed E-state index contributed by atoms with van der Waals surface area (Å²) in [6, 6.07) is 19.1. The average molecular weight is 378 g/mol. The first-order chi connectivity index (χ1) is 13.5. The van der Waals surface area contributed by atoms with Crippen LogP contribution in [0.15, 0.2) is 72.8 Å². The van der Waals surface area contributed by atoms with Crippen molar-refractivity contribution in [3.63, 3.8) is 0 Å². The number of halogens is 1. The Hall–Kier alpha value is -3.67. The molecule has 28 heavy (non-hydrogen) atoms. The maximum absolute atomic E-state index is 12.8. The highest BCUT2D eigenvalue weighted by atomic mass is 19.1. The van der Waals surface area contributed by atoms with Crippen molar-refractivity contribution in [3.8, 4) is 5.75 Å². The second kappa shape index (κ2) is 8.81. The summed E-state index contributed by atoms with van der Waals surface area (Å²) in [4.78, 5) is 23.9. The van der Waals surface area contributed by atoms with Gasteiger partial charge in [0, 0.05) is 6.08 Å². The van der Waals surface area contributed by atoms with Gasteiger partial charge in [-0.2, -0.15) is 0 Å². The topological polar surface area (TPSA) is 67.4 Å². The third-order valence-corrected chi connectivity index (χ3v) is 4.01. The first kappa shape index (κ1) is 19.1. The molecule has 2 N–H and O–H groups in total. The largest absolute Gasteiger partial charge is 0.481 e.